The summed E-state index contributed by atoms with van der Waals surface area (Å²) in [6.07, 6.45) is 0. The topological polar surface area (TPSA) is 66.2 Å². The lowest BCUT2D eigenvalue weighted by atomic mass is 10.2. The van der Waals surface area contributed by atoms with Crippen molar-refractivity contribution in [3.8, 4) is 5.75 Å². The van der Waals surface area contributed by atoms with E-state index in [1.807, 2.05) is 67.8 Å². The first-order valence-electron chi connectivity index (χ1n) is 9.90. The van der Waals surface area contributed by atoms with Gasteiger partial charge in [-0.1, -0.05) is 54.2 Å². The van der Waals surface area contributed by atoms with E-state index >= 15 is 0 Å². The monoisotopic (exact) mass is 425 g/mol. The highest BCUT2D eigenvalue weighted by atomic mass is 32.2. The van der Waals surface area contributed by atoms with Gasteiger partial charge in [0, 0.05) is 0 Å². The van der Waals surface area contributed by atoms with Gasteiger partial charge >= 0.3 is 5.97 Å². The maximum absolute atomic E-state index is 12.4. The Morgan fingerprint density at radius 1 is 1.10 bits per heavy atom. The van der Waals surface area contributed by atoms with E-state index in [1.165, 1.54) is 11.8 Å². The van der Waals surface area contributed by atoms with Crippen LogP contribution in [-0.2, 0) is 22.7 Å². The van der Waals surface area contributed by atoms with Gasteiger partial charge in [-0.3, -0.25) is 9.36 Å². The van der Waals surface area contributed by atoms with Crippen molar-refractivity contribution in [3.63, 3.8) is 0 Å². The molecule has 2 aromatic carbocycles. The molecular formula is C23H27N3O3S. The normalized spacial score (nSPS) is 11.3. The maximum Gasteiger partial charge on any atom is 0.322 e. The van der Waals surface area contributed by atoms with Gasteiger partial charge < -0.3 is 9.47 Å². The van der Waals surface area contributed by atoms with Crippen LogP contribution >= 0.6 is 11.8 Å². The lowest BCUT2D eigenvalue weighted by Gasteiger charge is -2.21. The van der Waals surface area contributed by atoms with Crippen LogP contribution in [0.15, 0.2) is 59.8 Å². The van der Waals surface area contributed by atoms with Crippen molar-refractivity contribution in [1.29, 1.82) is 0 Å². The number of esters is 1. The fraction of sp³-hybridized carbons (Fsp3) is 0.348. The van der Waals surface area contributed by atoms with Gasteiger partial charge in [-0.2, -0.15) is 0 Å². The van der Waals surface area contributed by atoms with E-state index in [-0.39, 0.29) is 12.6 Å². The molecule has 3 rings (SSSR count). The third-order valence-electron chi connectivity index (χ3n) is 4.45. The van der Waals surface area contributed by atoms with E-state index in [9.17, 15) is 4.79 Å². The van der Waals surface area contributed by atoms with Crippen molar-refractivity contribution >= 4 is 17.7 Å². The smallest absolute Gasteiger partial charge is 0.322 e. The third kappa shape index (κ3) is 5.63. The zero-order chi connectivity index (χ0) is 21.6. The number of ether oxygens (including phenoxy) is 2. The van der Waals surface area contributed by atoms with Crippen molar-refractivity contribution < 1.29 is 14.3 Å². The number of carbonyl (C=O) groups is 1. The number of hydrogen-bond donors (Lipinski definition) is 0. The predicted octanol–water partition coefficient (Wildman–Crippen LogP) is 4.65. The summed E-state index contributed by atoms with van der Waals surface area (Å²) >= 11 is 1.34. The maximum atomic E-state index is 12.4. The molecule has 158 valence electrons. The molecule has 0 saturated carbocycles. The van der Waals surface area contributed by atoms with Gasteiger partial charge in [0.05, 0.1) is 13.2 Å². The minimum absolute atomic E-state index is 0.276. The number of nitrogens with zero attached hydrogens (tertiary/aromatic N) is 3. The number of rotatable bonds is 9. The molecule has 0 N–H and O–H groups in total. The molecule has 0 aliphatic heterocycles. The van der Waals surface area contributed by atoms with Crippen LogP contribution in [0.25, 0.3) is 0 Å². The Morgan fingerprint density at radius 3 is 2.57 bits per heavy atom. The molecule has 0 fully saturated rings. The second kappa shape index (κ2) is 9.80. The van der Waals surface area contributed by atoms with Gasteiger partial charge in [0.15, 0.2) is 11.0 Å². The molecule has 1 aromatic heterocycles. The summed E-state index contributed by atoms with van der Waals surface area (Å²) in [6.45, 7) is 8.70. The molecule has 0 radical (unpaired) electrons. The van der Waals surface area contributed by atoms with Gasteiger partial charge in [0.25, 0.3) is 0 Å². The Hall–Kier alpha value is -2.80. The summed E-state index contributed by atoms with van der Waals surface area (Å²) < 4.78 is 12.4. The summed E-state index contributed by atoms with van der Waals surface area (Å²) in [6, 6.07) is 18.0. The molecular weight excluding hydrogens is 398 g/mol. The third-order valence-corrected chi connectivity index (χ3v) is 5.61. The molecule has 1 heterocycles. The quantitative estimate of drug-likeness (QED) is 0.367. The van der Waals surface area contributed by atoms with E-state index in [0.717, 1.165) is 16.9 Å². The Bertz CT molecular complexity index is 986. The predicted molar refractivity (Wildman–Crippen MR) is 118 cm³/mol. The van der Waals surface area contributed by atoms with Crippen molar-refractivity contribution in [3.05, 3.63) is 71.5 Å². The first-order chi connectivity index (χ1) is 14.4. The van der Waals surface area contributed by atoms with Crippen LogP contribution in [0, 0.1) is 6.92 Å². The van der Waals surface area contributed by atoms with Gasteiger partial charge in [-0.15, -0.1) is 10.2 Å². The number of hydrogen-bond acceptors (Lipinski definition) is 6. The summed E-state index contributed by atoms with van der Waals surface area (Å²) in [4.78, 5) is 12.4. The molecule has 0 atom stereocenters. The number of thioether (sulfide) groups is 1. The Morgan fingerprint density at radius 2 is 1.87 bits per heavy atom. The highest BCUT2D eigenvalue weighted by Gasteiger charge is 2.33. The lowest BCUT2D eigenvalue weighted by Crippen LogP contribution is -2.30. The van der Waals surface area contributed by atoms with Gasteiger partial charge in [0.1, 0.15) is 17.1 Å². The van der Waals surface area contributed by atoms with Gasteiger partial charge in [0.2, 0.25) is 0 Å². The van der Waals surface area contributed by atoms with Crippen LogP contribution in [0.1, 0.15) is 37.7 Å². The first kappa shape index (κ1) is 21.9. The summed E-state index contributed by atoms with van der Waals surface area (Å²) in [5.74, 6) is 1.20. The van der Waals surface area contributed by atoms with Crippen LogP contribution in [0.5, 0.6) is 5.75 Å². The van der Waals surface area contributed by atoms with Crippen molar-refractivity contribution in [2.45, 2.75) is 50.8 Å². The van der Waals surface area contributed by atoms with Crippen LogP contribution in [0.2, 0.25) is 0 Å². The summed E-state index contributed by atoms with van der Waals surface area (Å²) in [7, 11) is 0. The number of benzene rings is 2. The van der Waals surface area contributed by atoms with Gasteiger partial charge in [-0.25, -0.2) is 0 Å². The second-order valence-corrected chi connectivity index (χ2v) is 9.00. The zero-order valence-corrected chi connectivity index (χ0v) is 18.6. The Kier molecular flexibility index (Phi) is 7.15. The Balaban J connectivity index is 1.85. The average molecular weight is 426 g/mol. The van der Waals surface area contributed by atoms with E-state index < -0.39 is 4.75 Å². The zero-order valence-electron chi connectivity index (χ0n) is 17.8. The number of aromatic nitrogens is 3. The highest BCUT2D eigenvalue weighted by molar-refractivity contribution is 8.01. The molecule has 0 saturated heterocycles. The average Bonchev–Trinajstić information content (AvgIpc) is 3.08. The minimum Gasteiger partial charge on any atom is -0.486 e. The summed E-state index contributed by atoms with van der Waals surface area (Å²) in [5.41, 5.74) is 2.25. The largest absolute Gasteiger partial charge is 0.486 e. The van der Waals surface area contributed by atoms with Crippen LogP contribution < -0.4 is 4.74 Å². The van der Waals surface area contributed by atoms with Crippen LogP contribution in [0.3, 0.4) is 0 Å². The van der Waals surface area contributed by atoms with Gasteiger partial charge in [-0.05, 0) is 51.0 Å². The molecule has 0 unspecified atom stereocenters. The molecule has 3 aromatic rings. The fourth-order valence-corrected chi connectivity index (χ4v) is 3.81. The van der Waals surface area contributed by atoms with Crippen molar-refractivity contribution in [2.24, 2.45) is 0 Å². The van der Waals surface area contributed by atoms with Crippen molar-refractivity contribution in [1.82, 2.24) is 14.8 Å². The van der Waals surface area contributed by atoms with E-state index in [2.05, 4.69) is 22.3 Å². The molecule has 7 heteroatoms. The number of carbonyl (C=O) groups excluding carboxylic acids is 1. The van der Waals surface area contributed by atoms with E-state index in [0.29, 0.717) is 24.1 Å². The minimum atomic E-state index is -0.786. The number of aryl methyl sites for hydroxylation is 1. The van der Waals surface area contributed by atoms with E-state index in [1.54, 1.807) is 6.92 Å². The lowest BCUT2D eigenvalue weighted by molar-refractivity contribution is -0.145. The van der Waals surface area contributed by atoms with Crippen LogP contribution in [0.4, 0.5) is 0 Å². The molecule has 0 bridgehead atoms. The molecule has 0 aliphatic rings. The van der Waals surface area contributed by atoms with Crippen LogP contribution in [-0.4, -0.2) is 32.1 Å². The molecule has 30 heavy (non-hydrogen) atoms. The molecule has 0 spiro atoms. The Labute approximate surface area is 181 Å². The first-order valence-corrected chi connectivity index (χ1v) is 10.7. The molecule has 0 amide bonds. The highest BCUT2D eigenvalue weighted by Crippen LogP contribution is 2.33. The van der Waals surface area contributed by atoms with E-state index in [4.69, 9.17) is 9.47 Å². The molecule has 0 aliphatic carbocycles. The SMILES string of the molecule is CCOC(=O)C(C)(C)Sc1nnc(COc2cccc(C)c2)n1Cc1ccccc1. The summed E-state index contributed by atoms with van der Waals surface area (Å²) in [5, 5.41) is 9.36. The standard InChI is InChI=1S/C23H27N3O3S/c1-5-28-21(27)23(3,4)30-22-25-24-20(16-29-19-13-9-10-17(2)14-19)26(22)15-18-11-7-6-8-12-18/h6-14H,5,15-16H2,1-4H3. The fourth-order valence-electron chi connectivity index (χ4n) is 2.85. The second-order valence-electron chi connectivity index (χ2n) is 7.41. The van der Waals surface area contributed by atoms with Crippen molar-refractivity contribution in [2.75, 3.05) is 6.61 Å². The molecule has 6 nitrogen and oxygen atoms in total.